The first-order valence-corrected chi connectivity index (χ1v) is 11.9. The van der Waals surface area contributed by atoms with Crippen LogP contribution in [0.1, 0.15) is 41.5 Å². The number of carbonyl (C=O) groups is 2. The maximum Gasteiger partial charge on any atom is 0.300 e. The molecule has 1 amide bonds. The van der Waals surface area contributed by atoms with Gasteiger partial charge in [-0.25, -0.2) is 4.39 Å². The smallest absolute Gasteiger partial charge is 0.300 e. The van der Waals surface area contributed by atoms with Crippen molar-refractivity contribution in [2.75, 3.05) is 11.5 Å². The van der Waals surface area contributed by atoms with Gasteiger partial charge in [0.1, 0.15) is 23.4 Å². The van der Waals surface area contributed by atoms with Gasteiger partial charge in [0.2, 0.25) is 0 Å². The Kier molecular flexibility index (Phi) is 6.57. The zero-order valence-electron chi connectivity index (χ0n) is 19.5. The Balaban J connectivity index is 1.85. The highest BCUT2D eigenvalue weighted by Gasteiger charge is 2.48. The van der Waals surface area contributed by atoms with E-state index in [1.807, 2.05) is 25.3 Å². The Morgan fingerprint density at radius 2 is 1.88 bits per heavy atom. The van der Waals surface area contributed by atoms with E-state index >= 15 is 0 Å². The predicted octanol–water partition coefficient (Wildman–Crippen LogP) is 6.17. The molecular weight excluding hydrogens is 453 g/mol. The Hall–Kier alpha value is -3.45. The van der Waals surface area contributed by atoms with E-state index in [9.17, 15) is 19.1 Å². The largest absolute Gasteiger partial charge is 0.507 e. The van der Waals surface area contributed by atoms with Crippen molar-refractivity contribution in [3.8, 4) is 5.75 Å². The molecule has 1 fully saturated rings. The van der Waals surface area contributed by atoms with Gasteiger partial charge < -0.3 is 9.84 Å². The fourth-order valence-corrected chi connectivity index (χ4v) is 5.03. The van der Waals surface area contributed by atoms with E-state index < -0.39 is 23.5 Å². The first-order chi connectivity index (χ1) is 16.2. The van der Waals surface area contributed by atoms with Gasteiger partial charge >= 0.3 is 0 Å². The van der Waals surface area contributed by atoms with Gasteiger partial charge in [0.15, 0.2) is 0 Å². The molecule has 1 atom stereocenters. The van der Waals surface area contributed by atoms with Crippen LogP contribution in [0.25, 0.3) is 5.76 Å². The van der Waals surface area contributed by atoms with Crippen molar-refractivity contribution in [3.63, 3.8) is 0 Å². The molecule has 0 bridgehead atoms. The van der Waals surface area contributed by atoms with Gasteiger partial charge in [0.05, 0.1) is 12.2 Å². The fourth-order valence-electron chi connectivity index (χ4n) is 4.01. The van der Waals surface area contributed by atoms with Crippen LogP contribution in [-0.4, -0.2) is 23.4 Å². The maximum atomic E-state index is 14.0. The highest BCUT2D eigenvalue weighted by Crippen LogP contribution is 2.45. The molecule has 7 heteroatoms. The number of Topliss-reactive ketones (excluding diaryl/α,β-unsaturated/α-hetero) is 1. The molecular formula is C27H26FNO4S. The molecule has 0 saturated carbocycles. The number of aliphatic hydroxyl groups is 1. The number of benzene rings is 2. The number of nitrogens with zero attached hydrogens (tertiary/aromatic N) is 1. The standard InChI is InChI=1S/C27H26FNO4S/c1-15(2)14-33-21-9-8-18(12-17(21)4)24(30)22-23(26-16(3)10-11-34-26)29(27(32)25(22)31)20-7-5-6-19(28)13-20/h5-13,15,23,30H,14H2,1-4H3/b24-22-. The SMILES string of the molecule is Cc1cc(/C(O)=C2/C(=O)C(=O)N(c3cccc(F)c3)C2c2sccc2C)ccc1OCC(C)C. The van der Waals surface area contributed by atoms with Crippen molar-refractivity contribution in [2.45, 2.75) is 33.7 Å². The Bertz CT molecular complexity index is 1290. The van der Waals surface area contributed by atoms with Gasteiger partial charge in [-0.3, -0.25) is 14.5 Å². The fraction of sp³-hybridized carbons (Fsp3) is 0.259. The van der Waals surface area contributed by atoms with Crippen LogP contribution >= 0.6 is 11.3 Å². The highest BCUT2D eigenvalue weighted by molar-refractivity contribution is 7.10. The summed E-state index contributed by atoms with van der Waals surface area (Å²) >= 11 is 1.38. The average Bonchev–Trinajstić information content (AvgIpc) is 3.32. The van der Waals surface area contributed by atoms with Crippen LogP contribution in [0.4, 0.5) is 10.1 Å². The highest BCUT2D eigenvalue weighted by atomic mass is 32.1. The summed E-state index contributed by atoms with van der Waals surface area (Å²) in [6.45, 7) is 8.41. The summed E-state index contributed by atoms with van der Waals surface area (Å²) in [5.41, 5.74) is 2.32. The van der Waals surface area contributed by atoms with E-state index in [0.717, 1.165) is 16.0 Å². The molecule has 176 valence electrons. The van der Waals surface area contributed by atoms with Crippen molar-refractivity contribution in [1.29, 1.82) is 0 Å². The van der Waals surface area contributed by atoms with E-state index in [4.69, 9.17) is 4.74 Å². The van der Waals surface area contributed by atoms with Crippen molar-refractivity contribution >= 4 is 34.5 Å². The maximum absolute atomic E-state index is 14.0. The molecule has 3 aromatic rings. The van der Waals surface area contributed by atoms with Gasteiger partial charge in [0, 0.05) is 16.1 Å². The lowest BCUT2D eigenvalue weighted by atomic mass is 9.97. The van der Waals surface area contributed by atoms with Crippen LogP contribution in [0.3, 0.4) is 0 Å². The second kappa shape index (κ2) is 9.43. The first kappa shape index (κ1) is 23.7. The lowest BCUT2D eigenvalue weighted by molar-refractivity contribution is -0.132. The van der Waals surface area contributed by atoms with Gasteiger partial charge in [-0.1, -0.05) is 19.9 Å². The van der Waals surface area contributed by atoms with Crippen LogP contribution in [0, 0.1) is 25.6 Å². The van der Waals surface area contributed by atoms with Gasteiger partial charge in [0.25, 0.3) is 11.7 Å². The number of rotatable bonds is 6. The van der Waals surface area contributed by atoms with Crippen molar-refractivity contribution in [3.05, 3.63) is 86.9 Å². The van der Waals surface area contributed by atoms with Crippen LogP contribution < -0.4 is 9.64 Å². The van der Waals surface area contributed by atoms with Gasteiger partial charge in [-0.15, -0.1) is 11.3 Å². The number of aliphatic hydroxyl groups excluding tert-OH is 1. The molecule has 1 aliphatic rings. The number of ketones is 1. The number of carbonyl (C=O) groups excluding carboxylic acids is 2. The summed E-state index contributed by atoms with van der Waals surface area (Å²) in [5, 5.41) is 13.2. The molecule has 1 saturated heterocycles. The Morgan fingerprint density at radius 3 is 2.50 bits per heavy atom. The van der Waals surface area contributed by atoms with E-state index in [2.05, 4.69) is 13.8 Å². The number of ether oxygens (including phenoxy) is 1. The van der Waals surface area contributed by atoms with Crippen molar-refractivity contribution < 1.29 is 23.8 Å². The molecule has 5 nitrogen and oxygen atoms in total. The number of aryl methyl sites for hydroxylation is 2. The topological polar surface area (TPSA) is 66.8 Å². The molecule has 0 aliphatic carbocycles. The normalized spacial score (nSPS) is 17.6. The lowest BCUT2D eigenvalue weighted by Gasteiger charge is -2.25. The molecule has 1 aromatic heterocycles. The Morgan fingerprint density at radius 1 is 1.12 bits per heavy atom. The zero-order chi connectivity index (χ0) is 24.6. The third-order valence-electron chi connectivity index (χ3n) is 5.70. The summed E-state index contributed by atoms with van der Waals surface area (Å²) in [7, 11) is 0. The molecule has 2 aromatic carbocycles. The van der Waals surface area contributed by atoms with Gasteiger partial charge in [-0.2, -0.15) is 0 Å². The van der Waals surface area contributed by atoms with Crippen LogP contribution in [0.5, 0.6) is 5.75 Å². The van der Waals surface area contributed by atoms with Gasteiger partial charge in [-0.05, 0) is 78.7 Å². The van der Waals surface area contributed by atoms with Crippen LogP contribution in [-0.2, 0) is 9.59 Å². The van der Waals surface area contributed by atoms with Crippen molar-refractivity contribution in [2.24, 2.45) is 5.92 Å². The van der Waals surface area contributed by atoms with E-state index in [1.54, 1.807) is 24.3 Å². The summed E-state index contributed by atoms with van der Waals surface area (Å²) < 4.78 is 19.8. The quantitative estimate of drug-likeness (QED) is 0.261. The second-order valence-electron chi connectivity index (χ2n) is 8.80. The average molecular weight is 480 g/mol. The number of thiophene rings is 1. The minimum Gasteiger partial charge on any atom is -0.507 e. The molecule has 1 aliphatic heterocycles. The molecule has 0 radical (unpaired) electrons. The van der Waals surface area contributed by atoms with Crippen LogP contribution in [0.15, 0.2) is 59.5 Å². The monoisotopic (exact) mass is 479 g/mol. The second-order valence-corrected chi connectivity index (χ2v) is 9.75. The van der Waals surface area contributed by atoms with E-state index in [0.29, 0.717) is 23.8 Å². The molecule has 1 N–H and O–H groups in total. The first-order valence-electron chi connectivity index (χ1n) is 11.0. The molecule has 2 heterocycles. The third-order valence-corrected chi connectivity index (χ3v) is 6.77. The predicted molar refractivity (Wildman–Crippen MR) is 132 cm³/mol. The van der Waals surface area contributed by atoms with E-state index in [1.165, 1.54) is 34.4 Å². The van der Waals surface area contributed by atoms with E-state index in [-0.39, 0.29) is 17.0 Å². The van der Waals surface area contributed by atoms with Crippen molar-refractivity contribution in [1.82, 2.24) is 0 Å². The minimum absolute atomic E-state index is 0.0185. The van der Waals surface area contributed by atoms with Crippen LogP contribution in [0.2, 0.25) is 0 Å². The number of hydrogen-bond donors (Lipinski definition) is 1. The lowest BCUT2D eigenvalue weighted by Crippen LogP contribution is -2.29. The summed E-state index contributed by atoms with van der Waals surface area (Å²) in [6.07, 6.45) is 0. The Labute approximate surface area is 202 Å². The summed E-state index contributed by atoms with van der Waals surface area (Å²) in [4.78, 5) is 28.4. The summed E-state index contributed by atoms with van der Waals surface area (Å²) in [6, 6.07) is 11.7. The molecule has 1 unspecified atom stereocenters. The molecule has 34 heavy (non-hydrogen) atoms. The number of anilines is 1. The summed E-state index contributed by atoms with van der Waals surface area (Å²) in [5.74, 6) is -1.35. The minimum atomic E-state index is -0.862. The number of hydrogen-bond acceptors (Lipinski definition) is 5. The number of halogens is 1. The number of amides is 1. The third kappa shape index (κ3) is 4.35. The zero-order valence-corrected chi connectivity index (χ0v) is 20.3. The molecule has 0 spiro atoms. The molecule has 4 rings (SSSR count).